The molecule has 0 bridgehead atoms. The van der Waals surface area contributed by atoms with E-state index in [1.165, 1.54) is 18.3 Å². The summed E-state index contributed by atoms with van der Waals surface area (Å²) in [6.45, 7) is 1.15. The van der Waals surface area contributed by atoms with Gasteiger partial charge < -0.3 is 14.4 Å². The second kappa shape index (κ2) is 7.74. The molecule has 1 amide bonds. The molecule has 0 spiro atoms. The van der Waals surface area contributed by atoms with E-state index < -0.39 is 6.36 Å². The summed E-state index contributed by atoms with van der Waals surface area (Å²) in [5.74, 6) is 0.258. The summed E-state index contributed by atoms with van der Waals surface area (Å²) < 4.78 is 48.3. The number of ether oxygens (including phenoxy) is 2. The SMILES string of the molecule is Cn1cc(C(=O)N2CCOc3ccc(-c4ccc(OC(F)(F)F)cc4)cc3C2)cn1. The third-order valence-electron chi connectivity index (χ3n) is 4.70. The van der Waals surface area contributed by atoms with Crippen molar-refractivity contribution in [3.8, 4) is 22.6 Å². The molecule has 0 fully saturated rings. The van der Waals surface area contributed by atoms with Crippen LogP contribution in [-0.2, 0) is 13.6 Å². The molecule has 0 aliphatic carbocycles. The molecule has 2 aromatic carbocycles. The lowest BCUT2D eigenvalue weighted by molar-refractivity contribution is -0.274. The molecule has 3 aromatic rings. The van der Waals surface area contributed by atoms with Crippen LogP contribution >= 0.6 is 0 Å². The number of aryl methyl sites for hydroxylation is 1. The van der Waals surface area contributed by atoms with Crippen molar-refractivity contribution < 1.29 is 27.4 Å². The number of benzene rings is 2. The molecule has 0 atom stereocenters. The van der Waals surface area contributed by atoms with Gasteiger partial charge in [-0.15, -0.1) is 13.2 Å². The molecule has 0 saturated carbocycles. The molecule has 9 heteroatoms. The number of carbonyl (C=O) groups is 1. The van der Waals surface area contributed by atoms with Crippen LogP contribution in [0, 0.1) is 0 Å². The van der Waals surface area contributed by atoms with Crippen molar-refractivity contribution in [2.75, 3.05) is 13.2 Å². The third kappa shape index (κ3) is 4.40. The number of hydrogen-bond donors (Lipinski definition) is 0. The first kappa shape index (κ1) is 19.8. The quantitative estimate of drug-likeness (QED) is 0.646. The Morgan fingerprint density at radius 1 is 1.13 bits per heavy atom. The number of nitrogens with zero attached hydrogens (tertiary/aromatic N) is 3. The summed E-state index contributed by atoms with van der Waals surface area (Å²) in [5.41, 5.74) is 2.84. The molecule has 0 radical (unpaired) electrons. The van der Waals surface area contributed by atoms with Crippen molar-refractivity contribution in [2.24, 2.45) is 7.05 Å². The van der Waals surface area contributed by atoms with Gasteiger partial charge in [-0.1, -0.05) is 18.2 Å². The van der Waals surface area contributed by atoms with E-state index in [2.05, 4.69) is 9.84 Å². The summed E-state index contributed by atoms with van der Waals surface area (Å²) in [6, 6.07) is 11.2. The van der Waals surface area contributed by atoms with Crippen LogP contribution in [0.2, 0.25) is 0 Å². The average molecular weight is 417 g/mol. The van der Waals surface area contributed by atoms with Crippen molar-refractivity contribution in [2.45, 2.75) is 12.9 Å². The van der Waals surface area contributed by atoms with E-state index in [4.69, 9.17) is 4.74 Å². The van der Waals surface area contributed by atoms with Crippen molar-refractivity contribution in [3.05, 3.63) is 66.0 Å². The highest BCUT2D eigenvalue weighted by molar-refractivity contribution is 5.93. The Labute approximate surface area is 170 Å². The molecule has 6 nitrogen and oxygen atoms in total. The van der Waals surface area contributed by atoms with Gasteiger partial charge in [0.2, 0.25) is 0 Å². The maximum absolute atomic E-state index is 12.8. The van der Waals surface area contributed by atoms with Crippen molar-refractivity contribution in [1.29, 1.82) is 0 Å². The number of fused-ring (bicyclic) bond motifs is 1. The Morgan fingerprint density at radius 3 is 2.53 bits per heavy atom. The highest BCUT2D eigenvalue weighted by atomic mass is 19.4. The van der Waals surface area contributed by atoms with Crippen LogP contribution in [0.25, 0.3) is 11.1 Å². The highest BCUT2D eigenvalue weighted by Crippen LogP contribution is 2.31. The van der Waals surface area contributed by atoms with Crippen molar-refractivity contribution >= 4 is 5.91 Å². The average Bonchev–Trinajstić information content (AvgIpc) is 3.01. The van der Waals surface area contributed by atoms with Crippen LogP contribution in [0.15, 0.2) is 54.9 Å². The van der Waals surface area contributed by atoms with Gasteiger partial charge in [0, 0.05) is 25.4 Å². The minimum atomic E-state index is -4.73. The van der Waals surface area contributed by atoms with Gasteiger partial charge in [-0.2, -0.15) is 5.10 Å². The monoisotopic (exact) mass is 417 g/mol. The van der Waals surface area contributed by atoms with Gasteiger partial charge in [0.05, 0.1) is 18.3 Å². The van der Waals surface area contributed by atoms with Crippen molar-refractivity contribution in [1.82, 2.24) is 14.7 Å². The maximum atomic E-state index is 12.8. The fourth-order valence-corrected chi connectivity index (χ4v) is 3.31. The molecule has 1 aliphatic rings. The first-order valence-corrected chi connectivity index (χ1v) is 9.18. The number of carbonyl (C=O) groups excluding carboxylic acids is 1. The maximum Gasteiger partial charge on any atom is 0.573 e. The summed E-state index contributed by atoms with van der Waals surface area (Å²) in [4.78, 5) is 14.5. The molecule has 4 rings (SSSR count). The summed E-state index contributed by atoms with van der Waals surface area (Å²) in [6.07, 6.45) is -1.54. The molecular weight excluding hydrogens is 399 g/mol. The van der Waals surface area contributed by atoms with Crippen LogP contribution < -0.4 is 9.47 Å². The minimum absolute atomic E-state index is 0.140. The molecular formula is C21H18F3N3O3. The lowest BCUT2D eigenvalue weighted by Gasteiger charge is -2.19. The van der Waals surface area contributed by atoms with E-state index >= 15 is 0 Å². The predicted molar refractivity (Wildman–Crippen MR) is 102 cm³/mol. The first-order chi connectivity index (χ1) is 14.3. The van der Waals surface area contributed by atoms with Crippen molar-refractivity contribution in [3.63, 3.8) is 0 Å². The standard InChI is InChI=1S/C21H18F3N3O3/c1-26-12-17(11-25-26)20(28)27-8-9-29-19-7-4-15(10-16(19)13-27)14-2-5-18(6-3-14)30-21(22,23)24/h2-7,10-12H,8-9,13H2,1H3. The largest absolute Gasteiger partial charge is 0.573 e. The zero-order valence-corrected chi connectivity index (χ0v) is 16.0. The molecule has 0 unspecified atom stereocenters. The van der Waals surface area contributed by atoms with Crippen LogP contribution in [0.3, 0.4) is 0 Å². The smallest absolute Gasteiger partial charge is 0.491 e. The highest BCUT2D eigenvalue weighted by Gasteiger charge is 2.31. The second-order valence-corrected chi connectivity index (χ2v) is 6.87. The Kier molecular flexibility index (Phi) is 5.11. The van der Waals surface area contributed by atoms with E-state index in [0.717, 1.165) is 16.7 Å². The summed E-state index contributed by atoms with van der Waals surface area (Å²) >= 11 is 0. The first-order valence-electron chi connectivity index (χ1n) is 9.18. The van der Waals surface area contributed by atoms with Gasteiger partial charge in [-0.05, 0) is 35.4 Å². The summed E-state index contributed by atoms with van der Waals surface area (Å²) in [5, 5.41) is 4.04. The van der Waals surface area contributed by atoms with Crippen LogP contribution in [0.5, 0.6) is 11.5 Å². The number of alkyl halides is 3. The van der Waals surface area contributed by atoms with E-state index in [0.29, 0.717) is 31.0 Å². The number of hydrogen-bond acceptors (Lipinski definition) is 4. The number of rotatable bonds is 3. The number of amides is 1. The molecule has 2 heterocycles. The lowest BCUT2D eigenvalue weighted by Crippen LogP contribution is -2.32. The molecule has 0 N–H and O–H groups in total. The Morgan fingerprint density at radius 2 is 1.87 bits per heavy atom. The molecule has 30 heavy (non-hydrogen) atoms. The lowest BCUT2D eigenvalue weighted by atomic mass is 10.0. The minimum Gasteiger partial charge on any atom is -0.491 e. The van der Waals surface area contributed by atoms with Gasteiger partial charge in [-0.3, -0.25) is 9.48 Å². The Balaban J connectivity index is 1.56. The Hall–Kier alpha value is -3.49. The van der Waals surface area contributed by atoms with Crippen LogP contribution in [0.1, 0.15) is 15.9 Å². The second-order valence-electron chi connectivity index (χ2n) is 6.87. The molecule has 0 saturated heterocycles. The molecule has 1 aromatic heterocycles. The fourth-order valence-electron chi connectivity index (χ4n) is 3.31. The topological polar surface area (TPSA) is 56.6 Å². The van der Waals surface area contributed by atoms with Gasteiger partial charge in [0.25, 0.3) is 5.91 Å². The Bertz CT molecular complexity index is 1060. The zero-order chi connectivity index (χ0) is 21.3. The number of aromatic nitrogens is 2. The number of halogens is 3. The third-order valence-corrected chi connectivity index (χ3v) is 4.70. The van der Waals surface area contributed by atoms with E-state index in [1.54, 1.807) is 35.0 Å². The molecule has 1 aliphatic heterocycles. The van der Waals surface area contributed by atoms with Gasteiger partial charge >= 0.3 is 6.36 Å². The van der Waals surface area contributed by atoms with Crippen LogP contribution in [-0.4, -0.2) is 40.1 Å². The van der Waals surface area contributed by atoms with Crippen LogP contribution in [0.4, 0.5) is 13.2 Å². The van der Waals surface area contributed by atoms with Gasteiger partial charge in [-0.25, -0.2) is 0 Å². The zero-order valence-electron chi connectivity index (χ0n) is 16.0. The molecule has 156 valence electrons. The van der Waals surface area contributed by atoms with E-state index in [1.807, 2.05) is 18.2 Å². The van der Waals surface area contributed by atoms with Gasteiger partial charge in [0.15, 0.2) is 0 Å². The predicted octanol–water partition coefficient (Wildman–Crippen LogP) is 4.02. The normalized spacial score (nSPS) is 13.9. The van der Waals surface area contributed by atoms with Gasteiger partial charge in [0.1, 0.15) is 18.1 Å². The summed E-state index contributed by atoms with van der Waals surface area (Å²) in [7, 11) is 1.74. The fraction of sp³-hybridized carbons (Fsp3) is 0.238. The van der Waals surface area contributed by atoms with E-state index in [-0.39, 0.29) is 11.7 Å². The van der Waals surface area contributed by atoms with E-state index in [9.17, 15) is 18.0 Å².